The van der Waals surface area contributed by atoms with Crippen molar-refractivity contribution in [2.45, 2.75) is 129 Å². The normalized spacial score (nSPS) is 22.2. The Hall–Kier alpha value is -5.40. The van der Waals surface area contributed by atoms with E-state index in [0.717, 1.165) is 85.4 Å². The zero-order valence-electron chi connectivity index (χ0n) is 43.0. The van der Waals surface area contributed by atoms with E-state index in [0.29, 0.717) is 47.9 Å². The molecule has 9 rings (SSSR count). The highest BCUT2D eigenvalue weighted by Gasteiger charge is 2.48. The molecule has 0 spiro atoms. The number of ether oxygens (including phenoxy) is 1. The number of rotatable bonds is 15. The molecule has 2 amide bonds. The lowest BCUT2D eigenvalue weighted by Gasteiger charge is -2.47. The minimum Gasteiger partial charge on any atom is -0.507 e. The van der Waals surface area contributed by atoms with Gasteiger partial charge in [0.25, 0.3) is 5.88 Å². The number of benzene rings is 2. The fraction of sp³-hybridized carbons (Fsp3) is 0.547. The zero-order valence-corrected chi connectivity index (χ0v) is 44.8. The van der Waals surface area contributed by atoms with Crippen LogP contribution in [0.1, 0.15) is 90.3 Å². The minimum atomic E-state index is -2.23. The average molecular weight is 1010 g/mol. The van der Waals surface area contributed by atoms with E-state index in [1.54, 1.807) is 28.4 Å². The molecule has 2 aromatic carbocycles. The first-order valence-electron chi connectivity index (χ1n) is 25.4. The molecule has 71 heavy (non-hydrogen) atoms. The Balaban J connectivity index is 0.815. The van der Waals surface area contributed by atoms with Crippen LogP contribution in [0.15, 0.2) is 70.7 Å². The smallest absolute Gasteiger partial charge is 0.254 e. The molecule has 0 radical (unpaired) electrons. The lowest BCUT2D eigenvalue weighted by Crippen LogP contribution is -2.60. The van der Waals surface area contributed by atoms with Crippen LogP contribution in [0.4, 0.5) is 11.5 Å². The van der Waals surface area contributed by atoms with Crippen LogP contribution < -0.4 is 20.3 Å². The van der Waals surface area contributed by atoms with Crippen molar-refractivity contribution < 1.29 is 28.4 Å². The van der Waals surface area contributed by atoms with Crippen LogP contribution in [0.5, 0.6) is 11.6 Å². The van der Waals surface area contributed by atoms with E-state index in [4.69, 9.17) is 13.7 Å². The lowest BCUT2D eigenvalue weighted by molar-refractivity contribution is -0.141. The van der Waals surface area contributed by atoms with Gasteiger partial charge in [-0.1, -0.05) is 71.0 Å². The van der Waals surface area contributed by atoms with Gasteiger partial charge in [-0.2, -0.15) is 0 Å². The monoisotopic (exact) mass is 1000 g/mol. The molecule has 7 heterocycles. The van der Waals surface area contributed by atoms with Gasteiger partial charge in [0, 0.05) is 69.9 Å². The van der Waals surface area contributed by atoms with Crippen molar-refractivity contribution in [1.29, 1.82) is 0 Å². The maximum absolute atomic E-state index is 14.9. The number of phenolic OH excluding ortho intramolecular Hbond substituents is 1. The maximum Gasteiger partial charge on any atom is 0.254 e. The van der Waals surface area contributed by atoms with Gasteiger partial charge in [-0.15, -0.1) is 21.5 Å². The van der Waals surface area contributed by atoms with Gasteiger partial charge in [0.2, 0.25) is 11.8 Å². The fourth-order valence-corrected chi connectivity index (χ4v) is 12.8. The van der Waals surface area contributed by atoms with Gasteiger partial charge < -0.3 is 39.2 Å². The largest absolute Gasteiger partial charge is 0.507 e. The standard InChI is InChI=1S/C53H72N10O6SSi/c1-32(2)48(52(66)63-30-40(69-71(9,10)53(6,7)8)23-44(63)51(65)56-34(4)36-15-17-37(18-16-36)49-35(5)55-31-70-49)46-25-47(59-68-46)67-33(3)27-60-20-19-38(28-60)61-21-22-62-39(29-61)26-54-50-43(62)24-42(57-58-50)41-13-11-12-14-45(41)64/h11-18,24-25,31-34,38-40,44,48,64H,19-23,26-30H2,1-10H3,(H,54,58)(H,56,65)/t33-,34-,38?,39-,40+,44-,48+/m0/s1. The summed E-state index contributed by atoms with van der Waals surface area (Å²) in [4.78, 5) is 44.1. The number of aromatic hydroxyl groups is 1. The number of carbonyl (C=O) groups is 2. The van der Waals surface area contributed by atoms with Gasteiger partial charge >= 0.3 is 0 Å². The topological polar surface area (TPSA) is 175 Å². The van der Waals surface area contributed by atoms with Gasteiger partial charge in [-0.3, -0.25) is 19.4 Å². The molecular formula is C53H72N10O6SSi. The first kappa shape index (κ1) is 50.5. The molecule has 5 aromatic rings. The van der Waals surface area contributed by atoms with E-state index in [2.05, 4.69) is 98.6 Å². The number of aromatic nitrogens is 4. The summed E-state index contributed by atoms with van der Waals surface area (Å²) in [6.07, 6.45) is 1.03. The number of hydrogen-bond acceptors (Lipinski definition) is 15. The van der Waals surface area contributed by atoms with Gasteiger partial charge in [-0.25, -0.2) is 4.98 Å². The van der Waals surface area contributed by atoms with E-state index in [-0.39, 0.29) is 46.8 Å². The number of thiazole rings is 1. The summed E-state index contributed by atoms with van der Waals surface area (Å²) in [6, 6.07) is 19.0. The SMILES string of the molecule is Cc1ncsc1-c1ccc([C@H](C)NC(=O)[C@@H]2C[C@@H](O[Si](C)(C)C(C)(C)C)CN2C(=O)[C@@H](c2cc(O[C@@H](C)CN3CCC(N4CCN5c6cc(-c7ccccc7O)nnc6NC[C@H]5C4)C3)no2)C(C)C)cc1. The van der Waals surface area contributed by atoms with Crippen LogP contribution in [0.25, 0.3) is 21.7 Å². The number of fused-ring (bicyclic) bond motifs is 3. The molecule has 3 fully saturated rings. The number of likely N-dealkylation sites (tertiary alicyclic amines) is 2. The van der Waals surface area contributed by atoms with E-state index < -0.39 is 20.3 Å². The van der Waals surface area contributed by atoms with Crippen LogP contribution in [0.3, 0.4) is 0 Å². The van der Waals surface area contributed by atoms with Crippen LogP contribution >= 0.6 is 11.3 Å². The fourth-order valence-electron chi connectivity index (χ4n) is 10.6. The van der Waals surface area contributed by atoms with Crippen LogP contribution in [-0.2, 0) is 14.0 Å². The molecule has 7 atom stereocenters. The summed E-state index contributed by atoms with van der Waals surface area (Å²) in [5.74, 6) is 0.527. The second-order valence-electron chi connectivity index (χ2n) is 22.0. The number of aryl methyl sites for hydroxylation is 1. The van der Waals surface area contributed by atoms with Crippen molar-refractivity contribution in [2.24, 2.45) is 5.92 Å². The van der Waals surface area contributed by atoms with Crippen LogP contribution in [-0.4, -0.2) is 143 Å². The summed E-state index contributed by atoms with van der Waals surface area (Å²) in [7, 11) is -2.23. The van der Waals surface area contributed by atoms with Gasteiger partial charge in [0.05, 0.1) is 45.7 Å². The third kappa shape index (κ3) is 10.9. The minimum absolute atomic E-state index is 0.0411. The Morgan fingerprint density at radius 2 is 1.76 bits per heavy atom. The number of nitrogens with zero attached hydrogens (tertiary/aromatic N) is 8. The number of carbonyl (C=O) groups excluding carboxylic acids is 2. The van der Waals surface area contributed by atoms with E-state index in [1.807, 2.05) is 69.6 Å². The number of hydrogen-bond donors (Lipinski definition) is 3. The first-order chi connectivity index (χ1) is 33.8. The zero-order chi connectivity index (χ0) is 50.4. The Morgan fingerprint density at radius 1 is 0.986 bits per heavy atom. The van der Waals surface area contributed by atoms with Gasteiger partial charge in [-0.05, 0) is 92.3 Å². The van der Waals surface area contributed by atoms with Crippen LogP contribution in [0.2, 0.25) is 18.1 Å². The molecule has 18 heteroatoms. The Kier molecular flexibility index (Phi) is 14.7. The summed E-state index contributed by atoms with van der Waals surface area (Å²) in [6.45, 7) is 27.6. The number of piperazine rings is 1. The predicted octanol–water partition coefficient (Wildman–Crippen LogP) is 8.34. The molecule has 3 saturated heterocycles. The molecule has 0 saturated carbocycles. The Labute approximate surface area is 423 Å². The molecule has 3 aromatic heterocycles. The second-order valence-corrected chi connectivity index (χ2v) is 27.6. The quantitative estimate of drug-likeness (QED) is 0.0854. The van der Waals surface area contributed by atoms with Crippen molar-refractivity contribution >= 4 is 43.0 Å². The first-order valence-corrected chi connectivity index (χ1v) is 29.2. The lowest BCUT2D eigenvalue weighted by atomic mass is 9.91. The third-order valence-electron chi connectivity index (χ3n) is 15.5. The number of anilines is 2. The van der Waals surface area contributed by atoms with Crippen molar-refractivity contribution in [3.05, 3.63) is 83.2 Å². The molecule has 1 unspecified atom stereocenters. The van der Waals surface area contributed by atoms with E-state index >= 15 is 0 Å². The number of para-hydroxylation sites is 1. The number of nitrogens with one attached hydrogen (secondary N) is 2. The van der Waals surface area contributed by atoms with Crippen LogP contribution in [0, 0.1) is 12.8 Å². The second kappa shape index (κ2) is 20.6. The predicted molar refractivity (Wildman–Crippen MR) is 280 cm³/mol. The Bertz CT molecular complexity index is 2670. The summed E-state index contributed by atoms with van der Waals surface area (Å²) in [5.41, 5.74) is 7.29. The maximum atomic E-state index is 14.9. The molecule has 380 valence electrons. The summed E-state index contributed by atoms with van der Waals surface area (Å²) >= 11 is 1.61. The summed E-state index contributed by atoms with van der Waals surface area (Å²) in [5, 5.41) is 30.4. The highest BCUT2D eigenvalue weighted by Crippen LogP contribution is 2.41. The van der Waals surface area contributed by atoms with Gasteiger partial charge in [0.1, 0.15) is 23.8 Å². The highest BCUT2D eigenvalue weighted by atomic mass is 32.1. The summed E-state index contributed by atoms with van der Waals surface area (Å²) < 4.78 is 19.2. The molecule has 0 bridgehead atoms. The highest BCUT2D eigenvalue weighted by molar-refractivity contribution is 7.13. The van der Waals surface area contributed by atoms with Crippen molar-refractivity contribution in [3.63, 3.8) is 0 Å². The average Bonchev–Trinajstić information content (AvgIpc) is 4.17. The Morgan fingerprint density at radius 3 is 2.48 bits per heavy atom. The molecule has 3 N–H and O–H groups in total. The van der Waals surface area contributed by atoms with Crippen molar-refractivity contribution in [1.82, 2.24) is 40.4 Å². The molecular weight excluding hydrogens is 933 g/mol. The number of amides is 2. The molecule has 16 nitrogen and oxygen atoms in total. The number of phenols is 1. The van der Waals surface area contributed by atoms with Crippen molar-refractivity contribution in [2.75, 3.05) is 62.6 Å². The molecule has 4 aliphatic rings. The third-order valence-corrected chi connectivity index (χ3v) is 21.0. The molecule has 4 aliphatic heterocycles. The van der Waals surface area contributed by atoms with Gasteiger partial charge in [0.15, 0.2) is 19.9 Å². The van der Waals surface area contributed by atoms with E-state index in [9.17, 15) is 14.7 Å². The van der Waals surface area contributed by atoms with Crippen molar-refractivity contribution in [3.8, 4) is 33.3 Å². The molecule has 0 aliphatic carbocycles. The van der Waals surface area contributed by atoms with E-state index in [1.165, 1.54) is 0 Å².